The highest BCUT2D eigenvalue weighted by Crippen LogP contribution is 2.29. The Morgan fingerprint density at radius 1 is 1.11 bits per heavy atom. The van der Waals surface area contributed by atoms with Crippen LogP contribution >= 0.6 is 0 Å². The number of carbonyl (C=O) groups excluding carboxylic acids is 1. The molecule has 0 aromatic heterocycles. The maximum Gasteiger partial charge on any atom is 0.322 e. The summed E-state index contributed by atoms with van der Waals surface area (Å²) >= 11 is 0. The van der Waals surface area contributed by atoms with Gasteiger partial charge < -0.3 is 20.3 Å². The number of anilines is 1. The smallest absolute Gasteiger partial charge is 0.322 e. The number of nitrogens with zero attached hydrogens (tertiary/aromatic N) is 1. The van der Waals surface area contributed by atoms with Gasteiger partial charge in [0.25, 0.3) is 0 Å². The van der Waals surface area contributed by atoms with Crippen molar-refractivity contribution in [2.45, 2.75) is 25.3 Å². The molecule has 0 unspecified atom stereocenters. The van der Waals surface area contributed by atoms with Gasteiger partial charge in [-0.2, -0.15) is 0 Å². The Balaban J connectivity index is 1.31. The molecule has 4 rings (SSSR count). The number of urea groups is 1. The van der Waals surface area contributed by atoms with E-state index < -0.39 is 0 Å². The first kappa shape index (κ1) is 17.9. The molecule has 2 aromatic rings. The van der Waals surface area contributed by atoms with Crippen molar-refractivity contribution in [3.63, 3.8) is 0 Å². The number of rotatable bonds is 6. The van der Waals surface area contributed by atoms with E-state index >= 15 is 0 Å². The quantitative estimate of drug-likeness (QED) is 0.770. The van der Waals surface area contributed by atoms with E-state index in [0.717, 1.165) is 50.3 Å². The third-order valence-electron chi connectivity index (χ3n) is 5.54. The van der Waals surface area contributed by atoms with Gasteiger partial charge in [0.15, 0.2) is 0 Å². The van der Waals surface area contributed by atoms with Gasteiger partial charge in [-0.05, 0) is 42.9 Å². The molecule has 2 atom stereocenters. The summed E-state index contributed by atoms with van der Waals surface area (Å²) in [4.78, 5) is 14.7. The van der Waals surface area contributed by atoms with Crippen LogP contribution in [0.3, 0.4) is 0 Å². The van der Waals surface area contributed by atoms with Crippen molar-refractivity contribution in [1.29, 1.82) is 0 Å². The second kappa shape index (κ2) is 8.44. The molecule has 2 heterocycles. The number of amides is 2. The molecule has 2 N–H and O–H groups in total. The third-order valence-corrected chi connectivity index (χ3v) is 5.54. The molecule has 2 amide bonds. The minimum absolute atomic E-state index is 0.0217. The van der Waals surface area contributed by atoms with E-state index in [4.69, 9.17) is 4.74 Å². The summed E-state index contributed by atoms with van der Waals surface area (Å²) in [7, 11) is 0. The van der Waals surface area contributed by atoms with Gasteiger partial charge in [-0.1, -0.05) is 42.5 Å². The molecule has 2 fully saturated rings. The molecule has 5 nitrogen and oxygen atoms in total. The standard InChI is InChI=1S/C22H27N3O2/c26-22(25-13-12-18-15-23-16-20(18)25)24-19-10-4-5-11-21(19)27-14-6-9-17-7-2-1-3-8-17/h1-5,7-8,10-11,18,20,23H,6,9,12-16H2,(H,24,26)/t18-,20+/m1/s1. The molecular formula is C22H27N3O2. The van der Waals surface area contributed by atoms with Gasteiger partial charge in [-0.25, -0.2) is 4.79 Å². The fourth-order valence-electron chi connectivity index (χ4n) is 4.09. The van der Waals surface area contributed by atoms with Gasteiger partial charge in [0, 0.05) is 25.7 Å². The Kier molecular flexibility index (Phi) is 5.58. The van der Waals surface area contributed by atoms with Crippen LogP contribution in [-0.4, -0.2) is 43.2 Å². The number of benzene rings is 2. The second-order valence-electron chi connectivity index (χ2n) is 7.33. The normalized spacial score (nSPS) is 21.1. The lowest BCUT2D eigenvalue weighted by atomic mass is 10.1. The zero-order valence-electron chi connectivity index (χ0n) is 15.6. The van der Waals surface area contributed by atoms with Crippen LogP contribution in [0.4, 0.5) is 10.5 Å². The summed E-state index contributed by atoms with van der Waals surface area (Å²) in [6.45, 7) is 3.38. The van der Waals surface area contributed by atoms with E-state index in [9.17, 15) is 4.79 Å². The maximum absolute atomic E-state index is 12.8. The van der Waals surface area contributed by atoms with E-state index in [2.05, 4.69) is 34.9 Å². The maximum atomic E-state index is 12.8. The van der Waals surface area contributed by atoms with Crippen LogP contribution in [0.1, 0.15) is 18.4 Å². The molecule has 0 spiro atoms. The van der Waals surface area contributed by atoms with Crippen molar-refractivity contribution >= 4 is 11.7 Å². The first-order chi connectivity index (χ1) is 13.3. The fraction of sp³-hybridized carbons (Fsp3) is 0.409. The van der Waals surface area contributed by atoms with Crippen LogP contribution in [0.2, 0.25) is 0 Å². The topological polar surface area (TPSA) is 53.6 Å². The van der Waals surface area contributed by atoms with Crippen molar-refractivity contribution in [2.24, 2.45) is 5.92 Å². The zero-order valence-corrected chi connectivity index (χ0v) is 15.6. The summed E-state index contributed by atoms with van der Waals surface area (Å²) in [5.41, 5.74) is 2.06. The van der Waals surface area contributed by atoms with Crippen LogP contribution in [0.15, 0.2) is 54.6 Å². The molecule has 5 heteroatoms. The molecule has 2 saturated heterocycles. The van der Waals surface area contributed by atoms with Gasteiger partial charge in [0.05, 0.1) is 12.3 Å². The number of para-hydroxylation sites is 2. The molecule has 0 aliphatic carbocycles. The Morgan fingerprint density at radius 3 is 2.81 bits per heavy atom. The number of hydrogen-bond donors (Lipinski definition) is 2. The molecule has 2 aromatic carbocycles. The van der Waals surface area contributed by atoms with E-state index in [1.807, 2.05) is 35.2 Å². The van der Waals surface area contributed by atoms with Crippen molar-refractivity contribution in [3.05, 3.63) is 60.2 Å². The minimum atomic E-state index is -0.0217. The van der Waals surface area contributed by atoms with Crippen molar-refractivity contribution < 1.29 is 9.53 Å². The minimum Gasteiger partial charge on any atom is -0.491 e. The first-order valence-electron chi connectivity index (χ1n) is 9.85. The highest BCUT2D eigenvalue weighted by Gasteiger charge is 2.40. The first-order valence-corrected chi connectivity index (χ1v) is 9.85. The molecule has 142 valence electrons. The number of aryl methyl sites for hydroxylation is 1. The Hall–Kier alpha value is -2.53. The summed E-state index contributed by atoms with van der Waals surface area (Å²) in [5.74, 6) is 1.33. The molecule has 0 radical (unpaired) electrons. The monoisotopic (exact) mass is 365 g/mol. The Morgan fingerprint density at radius 2 is 1.93 bits per heavy atom. The van der Waals surface area contributed by atoms with E-state index in [0.29, 0.717) is 18.6 Å². The number of carbonyl (C=O) groups is 1. The summed E-state index contributed by atoms with van der Waals surface area (Å²) < 4.78 is 5.96. The van der Waals surface area contributed by atoms with Crippen molar-refractivity contribution in [2.75, 3.05) is 31.6 Å². The number of ether oxygens (including phenoxy) is 1. The van der Waals surface area contributed by atoms with E-state index in [1.54, 1.807) is 0 Å². The molecule has 2 aliphatic heterocycles. The molecule has 27 heavy (non-hydrogen) atoms. The summed E-state index contributed by atoms with van der Waals surface area (Å²) in [6.07, 6.45) is 3.01. The number of hydrogen-bond acceptors (Lipinski definition) is 3. The fourth-order valence-corrected chi connectivity index (χ4v) is 4.09. The van der Waals surface area contributed by atoms with Gasteiger partial charge >= 0.3 is 6.03 Å². The van der Waals surface area contributed by atoms with Crippen molar-refractivity contribution in [1.82, 2.24) is 10.2 Å². The van der Waals surface area contributed by atoms with Crippen molar-refractivity contribution in [3.8, 4) is 5.75 Å². The van der Waals surface area contributed by atoms with Crippen LogP contribution in [0, 0.1) is 5.92 Å². The van der Waals surface area contributed by atoms with Gasteiger partial charge in [0.2, 0.25) is 0 Å². The average molecular weight is 365 g/mol. The Labute approximate surface area is 160 Å². The number of nitrogens with one attached hydrogen (secondary N) is 2. The van der Waals surface area contributed by atoms with Gasteiger partial charge in [-0.15, -0.1) is 0 Å². The number of likely N-dealkylation sites (tertiary alicyclic amines) is 1. The van der Waals surface area contributed by atoms with Crippen LogP contribution in [0.5, 0.6) is 5.75 Å². The number of fused-ring (bicyclic) bond motifs is 1. The largest absolute Gasteiger partial charge is 0.491 e. The lowest BCUT2D eigenvalue weighted by Crippen LogP contribution is -2.41. The zero-order chi connectivity index (χ0) is 18.5. The Bertz CT molecular complexity index is 765. The van der Waals surface area contributed by atoms with Crippen LogP contribution in [0.25, 0.3) is 0 Å². The highest BCUT2D eigenvalue weighted by molar-refractivity contribution is 5.91. The van der Waals surface area contributed by atoms with Crippen LogP contribution < -0.4 is 15.4 Å². The third kappa shape index (κ3) is 4.25. The lowest BCUT2D eigenvalue weighted by molar-refractivity contribution is 0.206. The predicted molar refractivity (Wildman–Crippen MR) is 107 cm³/mol. The van der Waals surface area contributed by atoms with E-state index in [1.165, 1.54) is 5.56 Å². The SMILES string of the molecule is O=C(Nc1ccccc1OCCCc1ccccc1)N1CC[C@@H]2CNC[C@@H]21. The molecule has 2 aliphatic rings. The van der Waals surface area contributed by atoms with Gasteiger partial charge in [-0.3, -0.25) is 0 Å². The van der Waals surface area contributed by atoms with Crippen LogP contribution in [-0.2, 0) is 6.42 Å². The molecule has 0 bridgehead atoms. The van der Waals surface area contributed by atoms with Gasteiger partial charge in [0.1, 0.15) is 5.75 Å². The second-order valence-corrected chi connectivity index (χ2v) is 7.33. The summed E-state index contributed by atoms with van der Waals surface area (Å²) in [6, 6.07) is 18.4. The average Bonchev–Trinajstić information content (AvgIpc) is 3.31. The lowest BCUT2D eigenvalue weighted by Gasteiger charge is -2.24. The summed E-state index contributed by atoms with van der Waals surface area (Å²) in [5, 5.41) is 6.44. The van der Waals surface area contributed by atoms with E-state index in [-0.39, 0.29) is 6.03 Å². The predicted octanol–water partition coefficient (Wildman–Crippen LogP) is 3.52. The highest BCUT2D eigenvalue weighted by atomic mass is 16.5. The molecular weight excluding hydrogens is 338 g/mol. The molecule has 0 saturated carbocycles.